The van der Waals surface area contributed by atoms with E-state index in [0.717, 1.165) is 13.0 Å². The van der Waals surface area contributed by atoms with Gasteiger partial charge in [-0.15, -0.1) is 0 Å². The van der Waals surface area contributed by atoms with E-state index < -0.39 is 0 Å². The molecule has 3 nitrogen and oxygen atoms in total. The fourth-order valence-electron chi connectivity index (χ4n) is 2.82. The van der Waals surface area contributed by atoms with Crippen LogP contribution in [0.4, 0.5) is 0 Å². The summed E-state index contributed by atoms with van der Waals surface area (Å²) in [5.41, 5.74) is 1.36. The summed E-state index contributed by atoms with van der Waals surface area (Å²) in [7, 11) is 0. The van der Waals surface area contributed by atoms with E-state index in [9.17, 15) is 0 Å². The number of rotatable bonds is 6. The summed E-state index contributed by atoms with van der Waals surface area (Å²) in [6.45, 7) is 4.56. The van der Waals surface area contributed by atoms with E-state index in [1.807, 2.05) is 12.4 Å². The van der Waals surface area contributed by atoms with Gasteiger partial charge in [0.1, 0.15) is 0 Å². The molecule has 0 amide bonds. The van der Waals surface area contributed by atoms with Gasteiger partial charge in [0.2, 0.25) is 0 Å². The van der Waals surface area contributed by atoms with Crippen molar-refractivity contribution in [2.75, 3.05) is 13.1 Å². The lowest BCUT2D eigenvalue weighted by atomic mass is 10.0. The van der Waals surface area contributed by atoms with Crippen molar-refractivity contribution in [1.82, 2.24) is 15.6 Å². The zero-order valence-electron chi connectivity index (χ0n) is 12.1. The van der Waals surface area contributed by atoms with Gasteiger partial charge >= 0.3 is 0 Å². The highest BCUT2D eigenvalue weighted by Gasteiger charge is 2.14. The molecule has 1 aliphatic rings. The Labute approximate surface area is 117 Å². The van der Waals surface area contributed by atoms with Crippen LogP contribution in [-0.2, 0) is 6.42 Å². The Morgan fingerprint density at radius 3 is 3.00 bits per heavy atom. The molecule has 0 aliphatic carbocycles. The molecule has 19 heavy (non-hydrogen) atoms. The molecule has 2 rings (SSSR count). The maximum absolute atomic E-state index is 4.05. The summed E-state index contributed by atoms with van der Waals surface area (Å²) in [5, 5.41) is 7.31. The van der Waals surface area contributed by atoms with E-state index >= 15 is 0 Å². The van der Waals surface area contributed by atoms with Crippen LogP contribution in [0.15, 0.2) is 24.5 Å². The highest BCUT2D eigenvalue weighted by molar-refractivity contribution is 5.09. The van der Waals surface area contributed by atoms with E-state index in [-0.39, 0.29) is 0 Å². The summed E-state index contributed by atoms with van der Waals surface area (Å²) in [6, 6.07) is 5.50. The standard InChI is InChI=1S/C16H27N3/c1-14(13-16-5-3-2-4-9-19-16)18-12-8-15-6-10-17-11-7-15/h6-7,10-11,14,16,18-19H,2-5,8-9,12-13H2,1H3. The van der Waals surface area contributed by atoms with Crippen molar-refractivity contribution in [2.24, 2.45) is 0 Å². The van der Waals surface area contributed by atoms with Crippen LogP contribution < -0.4 is 10.6 Å². The zero-order chi connectivity index (χ0) is 13.3. The monoisotopic (exact) mass is 261 g/mol. The van der Waals surface area contributed by atoms with Crippen molar-refractivity contribution in [3.63, 3.8) is 0 Å². The summed E-state index contributed by atoms with van der Waals surface area (Å²) in [5.74, 6) is 0. The number of nitrogens with one attached hydrogen (secondary N) is 2. The molecular weight excluding hydrogens is 234 g/mol. The van der Waals surface area contributed by atoms with E-state index in [4.69, 9.17) is 0 Å². The van der Waals surface area contributed by atoms with Gasteiger partial charge in [0, 0.05) is 24.5 Å². The molecular formula is C16H27N3. The van der Waals surface area contributed by atoms with Gasteiger partial charge in [-0.1, -0.05) is 12.8 Å². The normalized spacial score (nSPS) is 21.8. The third-order valence-electron chi connectivity index (χ3n) is 3.96. The van der Waals surface area contributed by atoms with E-state index in [0.29, 0.717) is 12.1 Å². The second-order valence-electron chi connectivity index (χ2n) is 5.70. The van der Waals surface area contributed by atoms with Crippen LogP contribution in [0.1, 0.15) is 44.6 Å². The maximum Gasteiger partial charge on any atom is 0.0270 e. The lowest BCUT2D eigenvalue weighted by molar-refractivity contribution is 0.404. The predicted molar refractivity (Wildman–Crippen MR) is 80.3 cm³/mol. The van der Waals surface area contributed by atoms with E-state index in [2.05, 4.69) is 34.7 Å². The van der Waals surface area contributed by atoms with Gasteiger partial charge in [0.25, 0.3) is 0 Å². The summed E-state index contributed by atoms with van der Waals surface area (Å²) >= 11 is 0. The average molecular weight is 261 g/mol. The van der Waals surface area contributed by atoms with Crippen molar-refractivity contribution >= 4 is 0 Å². The Morgan fingerprint density at radius 2 is 2.16 bits per heavy atom. The molecule has 1 aliphatic heterocycles. The predicted octanol–water partition coefficient (Wildman–Crippen LogP) is 2.52. The molecule has 2 N–H and O–H groups in total. The third-order valence-corrected chi connectivity index (χ3v) is 3.96. The van der Waals surface area contributed by atoms with Gasteiger partial charge in [0.05, 0.1) is 0 Å². The minimum absolute atomic E-state index is 0.595. The number of aromatic nitrogens is 1. The van der Waals surface area contributed by atoms with Crippen molar-refractivity contribution in [1.29, 1.82) is 0 Å². The Balaban J connectivity index is 1.62. The first-order valence-corrected chi connectivity index (χ1v) is 7.70. The minimum atomic E-state index is 0.595. The van der Waals surface area contributed by atoms with Crippen LogP contribution in [0.2, 0.25) is 0 Å². The second kappa shape index (κ2) is 8.28. The fraction of sp³-hybridized carbons (Fsp3) is 0.688. The lowest BCUT2D eigenvalue weighted by Crippen LogP contribution is -2.37. The molecule has 1 fully saturated rings. The first kappa shape index (κ1) is 14.5. The van der Waals surface area contributed by atoms with Gasteiger partial charge in [0.15, 0.2) is 0 Å². The summed E-state index contributed by atoms with van der Waals surface area (Å²) < 4.78 is 0. The van der Waals surface area contributed by atoms with Crippen molar-refractivity contribution < 1.29 is 0 Å². The fourth-order valence-corrected chi connectivity index (χ4v) is 2.82. The minimum Gasteiger partial charge on any atom is -0.314 e. The molecule has 0 spiro atoms. The number of nitrogens with zero attached hydrogens (tertiary/aromatic N) is 1. The van der Waals surface area contributed by atoms with Crippen LogP contribution in [0.3, 0.4) is 0 Å². The van der Waals surface area contributed by atoms with Crippen LogP contribution >= 0.6 is 0 Å². The number of hydrogen-bond donors (Lipinski definition) is 2. The zero-order valence-corrected chi connectivity index (χ0v) is 12.1. The molecule has 2 unspecified atom stereocenters. The van der Waals surface area contributed by atoms with Crippen LogP contribution in [0.25, 0.3) is 0 Å². The smallest absolute Gasteiger partial charge is 0.0270 e. The maximum atomic E-state index is 4.05. The first-order chi connectivity index (χ1) is 9.34. The average Bonchev–Trinajstić information content (AvgIpc) is 2.68. The SMILES string of the molecule is CC(CC1CCCCCN1)NCCc1ccncc1. The number of pyridine rings is 1. The molecule has 2 atom stereocenters. The molecule has 0 radical (unpaired) electrons. The van der Waals surface area contributed by atoms with Gasteiger partial charge in [-0.05, 0) is 63.4 Å². The molecule has 106 valence electrons. The Bertz CT molecular complexity index is 331. The van der Waals surface area contributed by atoms with Crippen LogP contribution in [0, 0.1) is 0 Å². The van der Waals surface area contributed by atoms with E-state index in [1.54, 1.807) is 0 Å². The Kier molecular flexibility index (Phi) is 6.31. The van der Waals surface area contributed by atoms with Gasteiger partial charge in [-0.25, -0.2) is 0 Å². The van der Waals surface area contributed by atoms with Gasteiger partial charge in [-0.2, -0.15) is 0 Å². The first-order valence-electron chi connectivity index (χ1n) is 7.70. The highest BCUT2D eigenvalue weighted by Crippen LogP contribution is 2.12. The summed E-state index contributed by atoms with van der Waals surface area (Å²) in [6.07, 6.45) is 11.6. The Hall–Kier alpha value is -0.930. The number of hydrogen-bond acceptors (Lipinski definition) is 3. The quantitative estimate of drug-likeness (QED) is 0.826. The van der Waals surface area contributed by atoms with Crippen molar-refractivity contribution in [3.05, 3.63) is 30.1 Å². The van der Waals surface area contributed by atoms with Gasteiger partial charge < -0.3 is 10.6 Å². The third kappa shape index (κ3) is 5.70. The van der Waals surface area contributed by atoms with Crippen LogP contribution in [-0.4, -0.2) is 30.2 Å². The molecule has 0 aromatic carbocycles. The molecule has 0 bridgehead atoms. The lowest BCUT2D eigenvalue weighted by Gasteiger charge is -2.21. The molecule has 3 heteroatoms. The molecule has 1 saturated heterocycles. The Morgan fingerprint density at radius 1 is 1.32 bits per heavy atom. The molecule has 2 heterocycles. The molecule has 1 aromatic rings. The van der Waals surface area contributed by atoms with Crippen molar-refractivity contribution in [3.8, 4) is 0 Å². The highest BCUT2D eigenvalue weighted by atomic mass is 14.9. The largest absolute Gasteiger partial charge is 0.314 e. The van der Waals surface area contributed by atoms with E-state index in [1.165, 1.54) is 44.2 Å². The molecule has 1 aromatic heterocycles. The van der Waals surface area contributed by atoms with Crippen LogP contribution in [0.5, 0.6) is 0 Å². The topological polar surface area (TPSA) is 37.0 Å². The summed E-state index contributed by atoms with van der Waals surface area (Å²) in [4.78, 5) is 4.05. The molecule has 0 saturated carbocycles. The second-order valence-corrected chi connectivity index (χ2v) is 5.70. The van der Waals surface area contributed by atoms with Gasteiger partial charge in [-0.3, -0.25) is 4.98 Å². The van der Waals surface area contributed by atoms with Crippen molar-refractivity contribution in [2.45, 2.75) is 57.5 Å².